The predicted molar refractivity (Wildman–Crippen MR) is 118 cm³/mol. The SMILES string of the molecule is CCN(Cc1ccc(C)c(-c2cccc(CO[SiH](C)C(C)(C)C)c2)c1)C(=O)O. The number of aryl methyl sites for hydroxylation is 1. The van der Waals surface area contributed by atoms with Crippen LogP contribution in [-0.4, -0.2) is 31.7 Å². The molecule has 1 unspecified atom stereocenters. The van der Waals surface area contributed by atoms with E-state index in [1.165, 1.54) is 16.0 Å². The van der Waals surface area contributed by atoms with Crippen LogP contribution in [0, 0.1) is 6.92 Å². The van der Waals surface area contributed by atoms with E-state index in [1.807, 2.05) is 13.0 Å². The van der Waals surface area contributed by atoms with Gasteiger partial charge in [-0.05, 0) is 65.4 Å². The zero-order chi connectivity index (χ0) is 20.9. The second kappa shape index (κ2) is 9.39. The van der Waals surface area contributed by atoms with Gasteiger partial charge < -0.3 is 14.4 Å². The molecule has 0 saturated heterocycles. The van der Waals surface area contributed by atoms with E-state index >= 15 is 0 Å². The summed E-state index contributed by atoms with van der Waals surface area (Å²) in [4.78, 5) is 12.7. The van der Waals surface area contributed by atoms with Gasteiger partial charge in [0, 0.05) is 13.1 Å². The Morgan fingerprint density at radius 1 is 1.14 bits per heavy atom. The lowest BCUT2D eigenvalue weighted by atomic mass is 9.96. The van der Waals surface area contributed by atoms with Gasteiger partial charge in [-0.15, -0.1) is 0 Å². The molecule has 0 fully saturated rings. The van der Waals surface area contributed by atoms with Crippen LogP contribution in [0.1, 0.15) is 44.4 Å². The van der Waals surface area contributed by atoms with Crippen molar-refractivity contribution in [3.05, 3.63) is 59.2 Å². The lowest BCUT2D eigenvalue weighted by molar-refractivity contribution is 0.145. The number of hydrogen-bond donors (Lipinski definition) is 1. The third kappa shape index (κ3) is 5.94. The highest BCUT2D eigenvalue weighted by atomic mass is 28.3. The highest BCUT2D eigenvalue weighted by Crippen LogP contribution is 2.29. The van der Waals surface area contributed by atoms with Gasteiger partial charge in [-0.25, -0.2) is 4.79 Å². The maximum atomic E-state index is 11.3. The molecule has 0 aliphatic carbocycles. The van der Waals surface area contributed by atoms with Crippen LogP contribution in [0.2, 0.25) is 11.6 Å². The van der Waals surface area contributed by atoms with E-state index < -0.39 is 15.1 Å². The highest BCUT2D eigenvalue weighted by Gasteiger charge is 2.22. The van der Waals surface area contributed by atoms with Crippen molar-refractivity contribution >= 4 is 15.1 Å². The number of benzene rings is 2. The van der Waals surface area contributed by atoms with E-state index in [-0.39, 0.29) is 5.04 Å². The summed E-state index contributed by atoms with van der Waals surface area (Å²) in [6.45, 7) is 14.4. The molecule has 0 radical (unpaired) electrons. The van der Waals surface area contributed by atoms with Crippen LogP contribution in [0.4, 0.5) is 4.79 Å². The summed E-state index contributed by atoms with van der Waals surface area (Å²) in [7, 11) is -1.26. The molecule has 0 aliphatic heterocycles. The first-order valence-corrected chi connectivity index (χ1v) is 12.1. The van der Waals surface area contributed by atoms with Crippen molar-refractivity contribution in [2.75, 3.05) is 6.54 Å². The Bertz CT molecular complexity index is 814. The van der Waals surface area contributed by atoms with Gasteiger partial charge in [0.05, 0.1) is 6.61 Å². The Morgan fingerprint density at radius 2 is 1.86 bits per heavy atom. The minimum atomic E-state index is -1.26. The summed E-state index contributed by atoms with van der Waals surface area (Å²) in [5.74, 6) is 0. The smallest absolute Gasteiger partial charge is 0.407 e. The maximum Gasteiger partial charge on any atom is 0.407 e. The number of nitrogens with zero attached hydrogens (tertiary/aromatic N) is 1. The lowest BCUT2D eigenvalue weighted by Gasteiger charge is -2.25. The van der Waals surface area contributed by atoms with Crippen LogP contribution in [0.15, 0.2) is 42.5 Å². The predicted octanol–water partition coefficient (Wildman–Crippen LogP) is 5.83. The van der Waals surface area contributed by atoms with E-state index in [9.17, 15) is 9.90 Å². The van der Waals surface area contributed by atoms with Gasteiger partial charge in [0.15, 0.2) is 9.04 Å². The molecule has 0 aliphatic rings. The van der Waals surface area contributed by atoms with Crippen molar-refractivity contribution < 1.29 is 14.3 Å². The van der Waals surface area contributed by atoms with Gasteiger partial charge in [-0.3, -0.25) is 0 Å². The van der Waals surface area contributed by atoms with Crippen LogP contribution in [0.25, 0.3) is 11.1 Å². The molecule has 0 aromatic heterocycles. The van der Waals surface area contributed by atoms with Crippen molar-refractivity contribution in [2.24, 2.45) is 0 Å². The van der Waals surface area contributed by atoms with Gasteiger partial charge >= 0.3 is 6.09 Å². The Hall–Kier alpha value is -2.11. The normalized spacial score (nSPS) is 12.6. The summed E-state index contributed by atoms with van der Waals surface area (Å²) in [6, 6.07) is 14.6. The molecule has 2 rings (SSSR count). The molecule has 1 N–H and O–H groups in total. The molecular formula is C23H33NO3Si. The summed E-state index contributed by atoms with van der Waals surface area (Å²) in [6.07, 6.45) is -0.888. The van der Waals surface area contributed by atoms with Gasteiger partial charge in [-0.2, -0.15) is 0 Å². The number of amides is 1. The summed E-state index contributed by atoms with van der Waals surface area (Å²) in [5, 5.41) is 9.54. The molecular weight excluding hydrogens is 366 g/mol. The van der Waals surface area contributed by atoms with Crippen LogP contribution < -0.4 is 0 Å². The van der Waals surface area contributed by atoms with Gasteiger partial charge in [0.25, 0.3) is 0 Å². The highest BCUT2D eigenvalue weighted by molar-refractivity contribution is 6.53. The van der Waals surface area contributed by atoms with Crippen LogP contribution in [0.5, 0.6) is 0 Å². The first-order valence-electron chi connectivity index (χ1n) is 9.90. The fraction of sp³-hybridized carbons (Fsp3) is 0.435. The standard InChI is InChI=1S/C23H33NO3Si/c1-7-24(22(25)26)15-18-12-11-17(2)21(14-18)20-10-8-9-19(13-20)16-27-28(6)23(3,4)5/h8-14,28H,7,15-16H2,1-6H3,(H,25,26). The first-order chi connectivity index (χ1) is 13.1. The average molecular weight is 400 g/mol. The second-order valence-electron chi connectivity index (χ2n) is 8.47. The van der Waals surface area contributed by atoms with Crippen molar-refractivity contribution in [3.8, 4) is 11.1 Å². The molecule has 1 amide bonds. The second-order valence-corrected chi connectivity index (χ2v) is 11.8. The van der Waals surface area contributed by atoms with E-state index in [0.29, 0.717) is 19.7 Å². The third-order valence-electron chi connectivity index (χ3n) is 5.29. The third-order valence-corrected chi connectivity index (χ3v) is 8.39. The quantitative estimate of drug-likeness (QED) is 0.596. The van der Waals surface area contributed by atoms with Gasteiger partial charge in [-0.1, -0.05) is 51.1 Å². The molecule has 0 bridgehead atoms. The fourth-order valence-electron chi connectivity index (χ4n) is 2.91. The molecule has 28 heavy (non-hydrogen) atoms. The van der Waals surface area contributed by atoms with Crippen molar-refractivity contribution in [2.45, 2.75) is 59.4 Å². The largest absolute Gasteiger partial charge is 0.465 e. The Kier molecular flexibility index (Phi) is 7.44. The van der Waals surface area contributed by atoms with Crippen LogP contribution >= 0.6 is 0 Å². The number of hydrogen-bond acceptors (Lipinski definition) is 2. The molecule has 2 aromatic carbocycles. The monoisotopic (exact) mass is 399 g/mol. The Morgan fingerprint density at radius 3 is 2.46 bits per heavy atom. The van der Waals surface area contributed by atoms with Crippen LogP contribution in [-0.2, 0) is 17.6 Å². The van der Waals surface area contributed by atoms with E-state index in [1.54, 1.807) is 0 Å². The molecule has 2 aromatic rings. The molecule has 0 saturated carbocycles. The number of carboxylic acid groups (broad SMARTS) is 1. The molecule has 0 spiro atoms. The average Bonchev–Trinajstić information content (AvgIpc) is 2.64. The molecule has 1 atom stereocenters. The zero-order valence-electron chi connectivity index (χ0n) is 18.0. The number of rotatable bonds is 7. The van der Waals surface area contributed by atoms with Gasteiger partial charge in [0.1, 0.15) is 0 Å². The molecule has 5 heteroatoms. The fourth-order valence-corrected chi connectivity index (χ4v) is 3.86. The lowest BCUT2D eigenvalue weighted by Crippen LogP contribution is -2.28. The summed E-state index contributed by atoms with van der Waals surface area (Å²) >= 11 is 0. The van der Waals surface area contributed by atoms with E-state index in [2.05, 4.69) is 70.6 Å². The minimum Gasteiger partial charge on any atom is -0.465 e. The minimum absolute atomic E-state index is 0.248. The van der Waals surface area contributed by atoms with Crippen molar-refractivity contribution in [1.82, 2.24) is 4.90 Å². The van der Waals surface area contributed by atoms with E-state index in [0.717, 1.165) is 16.7 Å². The van der Waals surface area contributed by atoms with E-state index in [4.69, 9.17) is 4.43 Å². The summed E-state index contributed by atoms with van der Waals surface area (Å²) in [5.41, 5.74) is 5.63. The van der Waals surface area contributed by atoms with Crippen molar-refractivity contribution in [3.63, 3.8) is 0 Å². The zero-order valence-corrected chi connectivity index (χ0v) is 19.1. The van der Waals surface area contributed by atoms with Gasteiger partial charge in [0.2, 0.25) is 0 Å². The first kappa shape index (κ1) is 22.2. The molecule has 152 valence electrons. The Balaban J connectivity index is 2.23. The number of carbonyl (C=O) groups is 1. The molecule has 4 nitrogen and oxygen atoms in total. The van der Waals surface area contributed by atoms with Crippen molar-refractivity contribution in [1.29, 1.82) is 0 Å². The van der Waals surface area contributed by atoms with Crippen LogP contribution in [0.3, 0.4) is 0 Å². The Labute approximate surface area is 170 Å². The maximum absolute atomic E-state index is 11.3. The topological polar surface area (TPSA) is 49.8 Å². The summed E-state index contributed by atoms with van der Waals surface area (Å²) < 4.78 is 6.20. The molecule has 0 heterocycles.